The van der Waals surface area contributed by atoms with E-state index in [0.717, 1.165) is 24.1 Å². The fourth-order valence-corrected chi connectivity index (χ4v) is 3.51. The molecule has 1 aromatic carbocycles. The molecule has 1 saturated heterocycles. The third kappa shape index (κ3) is 4.27. The topological polar surface area (TPSA) is 62.7 Å². The number of nitrogens with zero attached hydrogens (tertiary/aromatic N) is 2. The van der Waals surface area contributed by atoms with Crippen molar-refractivity contribution in [1.29, 1.82) is 0 Å². The minimum atomic E-state index is -4.36. The summed E-state index contributed by atoms with van der Waals surface area (Å²) in [5.74, 6) is 0.134. The monoisotopic (exact) mass is 394 g/mol. The van der Waals surface area contributed by atoms with Gasteiger partial charge in [0, 0.05) is 18.7 Å². The van der Waals surface area contributed by atoms with Gasteiger partial charge >= 0.3 is 12.1 Å². The zero-order valence-electron chi connectivity index (χ0n) is 15.3. The number of aromatic nitrogens is 1. The van der Waals surface area contributed by atoms with Gasteiger partial charge in [0.15, 0.2) is 0 Å². The van der Waals surface area contributed by atoms with Crippen LogP contribution in [0.3, 0.4) is 0 Å². The second-order valence-electron chi connectivity index (χ2n) is 6.78. The molecule has 28 heavy (non-hydrogen) atoms. The van der Waals surface area contributed by atoms with E-state index in [1.165, 1.54) is 25.4 Å². The fraction of sp³-hybridized carbons (Fsp3) is 0.400. The number of anilines is 1. The Hall–Kier alpha value is -2.61. The van der Waals surface area contributed by atoms with Crippen molar-refractivity contribution < 1.29 is 27.8 Å². The van der Waals surface area contributed by atoms with E-state index in [0.29, 0.717) is 24.3 Å². The van der Waals surface area contributed by atoms with Crippen molar-refractivity contribution >= 4 is 11.8 Å². The number of carbonyl (C=O) groups is 1. The van der Waals surface area contributed by atoms with Gasteiger partial charge in [-0.3, -0.25) is 0 Å². The van der Waals surface area contributed by atoms with Gasteiger partial charge in [-0.05, 0) is 42.7 Å². The number of alkyl halides is 3. The summed E-state index contributed by atoms with van der Waals surface area (Å²) in [6, 6.07) is 8.37. The third-order valence-corrected chi connectivity index (χ3v) is 5.09. The quantitative estimate of drug-likeness (QED) is 0.803. The molecule has 1 aromatic heterocycles. The van der Waals surface area contributed by atoms with Crippen molar-refractivity contribution in [2.24, 2.45) is 0 Å². The number of esters is 1. The Morgan fingerprint density at radius 2 is 1.93 bits per heavy atom. The first kappa shape index (κ1) is 20.1. The van der Waals surface area contributed by atoms with E-state index >= 15 is 0 Å². The molecule has 1 fully saturated rings. The molecule has 0 bridgehead atoms. The van der Waals surface area contributed by atoms with Crippen LogP contribution in [0, 0.1) is 0 Å². The highest BCUT2D eigenvalue weighted by Crippen LogP contribution is 2.35. The van der Waals surface area contributed by atoms with E-state index in [2.05, 4.69) is 9.72 Å². The second kappa shape index (κ2) is 8.18. The molecule has 1 N–H and O–H groups in total. The van der Waals surface area contributed by atoms with Crippen molar-refractivity contribution in [3.63, 3.8) is 0 Å². The van der Waals surface area contributed by atoms with Crippen molar-refractivity contribution in [3.05, 3.63) is 59.3 Å². The molecule has 8 heteroatoms. The number of pyridine rings is 1. The van der Waals surface area contributed by atoms with Crippen LogP contribution in [0.5, 0.6) is 0 Å². The molecule has 2 aromatic rings. The summed E-state index contributed by atoms with van der Waals surface area (Å²) >= 11 is 0. The Kier molecular flexibility index (Phi) is 5.88. The first-order valence-electron chi connectivity index (χ1n) is 8.92. The highest BCUT2D eigenvalue weighted by Gasteiger charge is 2.32. The van der Waals surface area contributed by atoms with Gasteiger partial charge in [-0.2, -0.15) is 13.2 Å². The molecule has 0 saturated carbocycles. The molecule has 150 valence electrons. The van der Waals surface area contributed by atoms with Crippen LogP contribution in [0.4, 0.5) is 19.0 Å². The lowest BCUT2D eigenvalue weighted by Gasteiger charge is -2.40. The maximum atomic E-state index is 12.8. The number of piperidine rings is 1. The number of hydrogen-bond donors (Lipinski definition) is 1. The third-order valence-electron chi connectivity index (χ3n) is 5.09. The van der Waals surface area contributed by atoms with Crippen molar-refractivity contribution in [2.75, 3.05) is 25.2 Å². The lowest BCUT2D eigenvalue weighted by Crippen LogP contribution is -2.45. The van der Waals surface area contributed by atoms with Crippen molar-refractivity contribution in [3.8, 4) is 0 Å². The average molecular weight is 394 g/mol. The summed E-state index contributed by atoms with van der Waals surface area (Å²) in [7, 11) is 1.29. The number of carbonyl (C=O) groups excluding carboxylic acids is 1. The molecule has 0 aliphatic carbocycles. The molecule has 1 aliphatic rings. The largest absolute Gasteiger partial charge is 0.465 e. The summed E-state index contributed by atoms with van der Waals surface area (Å²) in [6.07, 6.45) is -1.50. The fourth-order valence-electron chi connectivity index (χ4n) is 3.51. The van der Waals surface area contributed by atoms with Crippen LogP contribution >= 0.6 is 0 Å². The van der Waals surface area contributed by atoms with Crippen LogP contribution in [0.15, 0.2) is 42.6 Å². The molecule has 1 aliphatic heterocycles. The maximum Gasteiger partial charge on any atom is 0.416 e. The van der Waals surface area contributed by atoms with Crippen LogP contribution in [0.1, 0.15) is 40.2 Å². The molecule has 2 atom stereocenters. The Labute approximate surface area is 160 Å². The Balaban J connectivity index is 1.80. The molecule has 2 heterocycles. The van der Waals surface area contributed by atoms with E-state index in [1.807, 2.05) is 4.90 Å². The molecule has 0 amide bonds. The first-order valence-corrected chi connectivity index (χ1v) is 8.92. The van der Waals surface area contributed by atoms with Gasteiger partial charge in [0.05, 0.1) is 30.9 Å². The Bertz CT molecular complexity index is 807. The number of hydrogen-bond acceptors (Lipinski definition) is 5. The van der Waals surface area contributed by atoms with E-state index in [9.17, 15) is 23.1 Å². The van der Waals surface area contributed by atoms with Crippen LogP contribution in [-0.4, -0.2) is 42.4 Å². The predicted octanol–water partition coefficient (Wildman–Crippen LogP) is 3.63. The van der Waals surface area contributed by atoms with Crippen molar-refractivity contribution in [2.45, 2.75) is 31.0 Å². The number of aliphatic hydroxyl groups is 1. The SMILES string of the molecule is COC(=O)c1ccc(N2CC(c3ccc(C(F)(F)F)cc3)CC[C@H]2CO)nc1. The number of methoxy groups -OCH3 is 1. The molecule has 0 radical (unpaired) electrons. The molecule has 3 rings (SSSR count). The van der Waals surface area contributed by atoms with E-state index in [-0.39, 0.29) is 18.6 Å². The molecule has 5 nitrogen and oxygen atoms in total. The van der Waals surface area contributed by atoms with Gasteiger partial charge < -0.3 is 14.7 Å². The summed E-state index contributed by atoms with van der Waals surface area (Å²) < 4.78 is 43.0. The van der Waals surface area contributed by atoms with Crippen LogP contribution in [-0.2, 0) is 10.9 Å². The molecule has 1 unspecified atom stereocenters. The zero-order chi connectivity index (χ0) is 20.3. The lowest BCUT2D eigenvalue weighted by molar-refractivity contribution is -0.137. The normalized spacial score (nSPS) is 20.1. The summed E-state index contributed by atoms with van der Waals surface area (Å²) in [5.41, 5.74) is 0.473. The minimum absolute atomic E-state index is 0.0205. The molecular weight excluding hydrogens is 373 g/mol. The highest BCUT2D eigenvalue weighted by molar-refractivity contribution is 5.89. The van der Waals surface area contributed by atoms with Crippen LogP contribution in [0.2, 0.25) is 0 Å². The summed E-state index contributed by atoms with van der Waals surface area (Å²) in [6.45, 7) is 0.460. The minimum Gasteiger partial charge on any atom is -0.465 e. The zero-order valence-corrected chi connectivity index (χ0v) is 15.3. The smallest absolute Gasteiger partial charge is 0.416 e. The number of rotatable bonds is 4. The molecule has 0 spiro atoms. The van der Waals surface area contributed by atoms with E-state index in [1.54, 1.807) is 12.1 Å². The standard InChI is InChI=1S/C20H21F3N2O3/c1-28-19(27)14-5-9-18(24-10-14)25-11-15(4-8-17(25)12-26)13-2-6-16(7-3-13)20(21,22)23/h2-3,5-7,9-10,15,17,26H,4,8,11-12H2,1H3/t15?,17-/m0/s1. The summed E-state index contributed by atoms with van der Waals surface area (Å²) in [5, 5.41) is 9.72. The van der Waals surface area contributed by atoms with Gasteiger partial charge in [-0.15, -0.1) is 0 Å². The van der Waals surface area contributed by atoms with Gasteiger partial charge in [0.2, 0.25) is 0 Å². The van der Waals surface area contributed by atoms with E-state index in [4.69, 9.17) is 0 Å². The number of halogens is 3. The van der Waals surface area contributed by atoms with Crippen LogP contribution < -0.4 is 4.90 Å². The first-order chi connectivity index (χ1) is 13.3. The Morgan fingerprint density at radius 1 is 1.21 bits per heavy atom. The lowest BCUT2D eigenvalue weighted by atomic mass is 9.87. The second-order valence-corrected chi connectivity index (χ2v) is 6.78. The maximum absolute atomic E-state index is 12.8. The number of ether oxygens (including phenoxy) is 1. The predicted molar refractivity (Wildman–Crippen MR) is 97.2 cm³/mol. The molecular formula is C20H21F3N2O3. The van der Waals surface area contributed by atoms with Crippen molar-refractivity contribution in [1.82, 2.24) is 4.98 Å². The number of benzene rings is 1. The summed E-state index contributed by atoms with van der Waals surface area (Å²) in [4.78, 5) is 17.8. The van der Waals surface area contributed by atoms with Crippen LogP contribution in [0.25, 0.3) is 0 Å². The van der Waals surface area contributed by atoms with E-state index < -0.39 is 17.7 Å². The van der Waals surface area contributed by atoms with Gasteiger partial charge in [0.25, 0.3) is 0 Å². The number of aliphatic hydroxyl groups excluding tert-OH is 1. The highest BCUT2D eigenvalue weighted by atomic mass is 19.4. The Morgan fingerprint density at radius 3 is 2.46 bits per heavy atom. The van der Waals surface area contributed by atoms with Gasteiger partial charge in [-0.1, -0.05) is 12.1 Å². The van der Waals surface area contributed by atoms with Gasteiger partial charge in [0.1, 0.15) is 5.82 Å². The van der Waals surface area contributed by atoms with Gasteiger partial charge in [-0.25, -0.2) is 9.78 Å². The average Bonchev–Trinajstić information content (AvgIpc) is 2.72.